The molecule has 1 unspecified atom stereocenters. The first-order valence-corrected chi connectivity index (χ1v) is 7.15. The molecule has 2 heterocycles. The van der Waals surface area contributed by atoms with E-state index in [-0.39, 0.29) is 11.9 Å². The van der Waals surface area contributed by atoms with Crippen molar-refractivity contribution in [2.75, 3.05) is 7.05 Å². The van der Waals surface area contributed by atoms with Crippen molar-refractivity contribution in [2.24, 2.45) is 0 Å². The molecule has 0 aliphatic rings. The summed E-state index contributed by atoms with van der Waals surface area (Å²) in [5.41, 5.74) is 2.27. The number of aromatic nitrogens is 5. The highest BCUT2D eigenvalue weighted by atomic mass is 16.2. The lowest BCUT2D eigenvalue weighted by molar-refractivity contribution is 0.0736. The molecule has 23 heavy (non-hydrogen) atoms. The number of nitrogens with zero attached hydrogens (tertiary/aromatic N) is 6. The maximum absolute atomic E-state index is 12.4. The van der Waals surface area contributed by atoms with E-state index < -0.39 is 0 Å². The van der Waals surface area contributed by atoms with Gasteiger partial charge in [-0.15, -0.1) is 0 Å². The lowest BCUT2D eigenvalue weighted by Gasteiger charge is -2.25. The van der Waals surface area contributed by atoms with Crippen LogP contribution in [0.4, 0.5) is 0 Å². The van der Waals surface area contributed by atoms with Crippen LogP contribution in [0.1, 0.15) is 29.0 Å². The number of carbonyl (C=O) groups excluding carboxylic acids is 1. The van der Waals surface area contributed by atoms with Crippen LogP contribution in [-0.2, 0) is 0 Å². The number of amides is 1. The van der Waals surface area contributed by atoms with Gasteiger partial charge in [-0.1, -0.05) is 12.1 Å². The Balaban J connectivity index is 1.77. The minimum Gasteiger partial charge on any atom is -0.334 e. The summed E-state index contributed by atoms with van der Waals surface area (Å²) in [6, 6.07) is 7.75. The molecule has 0 spiro atoms. The number of hydrogen-bond donors (Lipinski definition) is 0. The van der Waals surface area contributed by atoms with Crippen LogP contribution in [-0.4, -0.2) is 42.6 Å². The van der Waals surface area contributed by atoms with Gasteiger partial charge in [0.05, 0.1) is 17.9 Å². The minimum absolute atomic E-state index is 0.0886. The molecule has 0 fully saturated rings. The highest BCUT2D eigenvalue weighted by Gasteiger charge is 2.20. The SMILES string of the molecule is CC(c1ccc(-n2cncn2)cc1)N(C)C(=O)c1cnccn1. The molecule has 0 aliphatic heterocycles. The molecule has 0 saturated carbocycles. The molecule has 2 aromatic heterocycles. The van der Waals surface area contributed by atoms with E-state index in [2.05, 4.69) is 20.1 Å². The predicted octanol–water partition coefficient (Wildman–Crippen LogP) is 1.89. The smallest absolute Gasteiger partial charge is 0.274 e. The molecule has 0 radical (unpaired) electrons. The van der Waals surface area contributed by atoms with E-state index in [1.165, 1.54) is 18.7 Å². The van der Waals surface area contributed by atoms with Gasteiger partial charge in [-0.05, 0) is 24.6 Å². The second-order valence-electron chi connectivity index (χ2n) is 5.11. The first kappa shape index (κ1) is 14.8. The average Bonchev–Trinajstić information content (AvgIpc) is 3.15. The third kappa shape index (κ3) is 3.08. The lowest BCUT2D eigenvalue weighted by Crippen LogP contribution is -2.30. The van der Waals surface area contributed by atoms with Crippen molar-refractivity contribution in [3.8, 4) is 5.69 Å². The summed E-state index contributed by atoms with van der Waals surface area (Å²) in [4.78, 5) is 26.0. The Labute approximate surface area is 133 Å². The molecular formula is C16H16N6O. The topological polar surface area (TPSA) is 76.8 Å². The Morgan fingerprint density at radius 3 is 2.57 bits per heavy atom. The second kappa shape index (κ2) is 6.35. The molecule has 3 rings (SSSR count). The molecule has 7 nitrogen and oxygen atoms in total. The van der Waals surface area contributed by atoms with Gasteiger partial charge in [0, 0.05) is 19.4 Å². The Kier molecular flexibility index (Phi) is 4.09. The molecular weight excluding hydrogens is 292 g/mol. The quantitative estimate of drug-likeness (QED) is 0.735. The van der Waals surface area contributed by atoms with Gasteiger partial charge < -0.3 is 4.90 Å². The molecule has 1 aromatic carbocycles. The molecule has 0 bridgehead atoms. The molecule has 3 aromatic rings. The predicted molar refractivity (Wildman–Crippen MR) is 83.9 cm³/mol. The molecule has 0 aliphatic carbocycles. The van der Waals surface area contributed by atoms with Gasteiger partial charge in [0.25, 0.3) is 5.91 Å². The normalized spacial score (nSPS) is 11.9. The molecule has 1 atom stereocenters. The Morgan fingerprint density at radius 2 is 1.96 bits per heavy atom. The Morgan fingerprint density at radius 1 is 1.17 bits per heavy atom. The number of carbonyl (C=O) groups is 1. The monoisotopic (exact) mass is 308 g/mol. The third-order valence-electron chi connectivity index (χ3n) is 3.74. The average molecular weight is 308 g/mol. The standard InChI is InChI=1S/C16H16N6O/c1-12(21(2)16(23)15-9-17-7-8-19-15)13-3-5-14(6-4-13)22-11-18-10-20-22/h3-12H,1-2H3. The number of rotatable bonds is 4. The van der Waals surface area contributed by atoms with Crippen molar-refractivity contribution in [1.29, 1.82) is 0 Å². The van der Waals surface area contributed by atoms with E-state index in [9.17, 15) is 4.79 Å². The summed E-state index contributed by atoms with van der Waals surface area (Å²) in [5.74, 6) is -0.161. The van der Waals surface area contributed by atoms with Gasteiger partial charge in [0.2, 0.25) is 0 Å². The van der Waals surface area contributed by atoms with Crippen LogP contribution in [0, 0.1) is 0 Å². The molecule has 0 N–H and O–H groups in total. The molecule has 1 amide bonds. The van der Waals surface area contributed by atoms with Crippen molar-refractivity contribution >= 4 is 5.91 Å². The molecule has 0 saturated heterocycles. The maximum Gasteiger partial charge on any atom is 0.274 e. The van der Waals surface area contributed by atoms with Gasteiger partial charge in [-0.2, -0.15) is 5.10 Å². The maximum atomic E-state index is 12.4. The highest BCUT2D eigenvalue weighted by molar-refractivity contribution is 5.92. The van der Waals surface area contributed by atoms with Crippen LogP contribution in [0.25, 0.3) is 5.69 Å². The molecule has 7 heteroatoms. The first-order valence-electron chi connectivity index (χ1n) is 7.15. The van der Waals surface area contributed by atoms with Crippen molar-refractivity contribution < 1.29 is 4.79 Å². The van der Waals surface area contributed by atoms with Crippen molar-refractivity contribution in [2.45, 2.75) is 13.0 Å². The fraction of sp³-hybridized carbons (Fsp3) is 0.188. The van der Waals surface area contributed by atoms with Crippen molar-refractivity contribution in [1.82, 2.24) is 29.6 Å². The van der Waals surface area contributed by atoms with Crippen LogP contribution in [0.2, 0.25) is 0 Å². The summed E-state index contributed by atoms with van der Waals surface area (Å²) in [6.45, 7) is 1.97. The van der Waals surface area contributed by atoms with E-state index in [1.807, 2.05) is 31.2 Å². The minimum atomic E-state index is -0.161. The van der Waals surface area contributed by atoms with E-state index >= 15 is 0 Å². The Bertz CT molecular complexity index is 770. The number of benzene rings is 1. The van der Waals surface area contributed by atoms with Crippen molar-refractivity contribution in [3.05, 3.63) is 66.8 Å². The highest BCUT2D eigenvalue weighted by Crippen LogP contribution is 2.21. The van der Waals surface area contributed by atoms with E-state index in [0.29, 0.717) is 5.69 Å². The zero-order valence-corrected chi connectivity index (χ0v) is 12.9. The summed E-state index contributed by atoms with van der Waals surface area (Å²) >= 11 is 0. The third-order valence-corrected chi connectivity index (χ3v) is 3.74. The van der Waals surface area contributed by atoms with E-state index in [1.54, 1.807) is 29.2 Å². The summed E-state index contributed by atoms with van der Waals surface area (Å²) < 4.78 is 1.68. The fourth-order valence-electron chi connectivity index (χ4n) is 2.24. The summed E-state index contributed by atoms with van der Waals surface area (Å²) in [6.07, 6.45) is 7.66. The largest absolute Gasteiger partial charge is 0.334 e. The summed E-state index contributed by atoms with van der Waals surface area (Å²) in [5, 5.41) is 4.09. The van der Waals surface area contributed by atoms with E-state index in [4.69, 9.17) is 0 Å². The van der Waals surface area contributed by atoms with E-state index in [0.717, 1.165) is 11.3 Å². The second-order valence-corrected chi connectivity index (χ2v) is 5.11. The van der Waals surface area contributed by atoms with Gasteiger partial charge >= 0.3 is 0 Å². The van der Waals surface area contributed by atoms with Crippen LogP contribution in [0.3, 0.4) is 0 Å². The zero-order valence-electron chi connectivity index (χ0n) is 12.9. The first-order chi connectivity index (χ1) is 11.2. The summed E-state index contributed by atoms with van der Waals surface area (Å²) in [7, 11) is 1.76. The van der Waals surface area contributed by atoms with Crippen molar-refractivity contribution in [3.63, 3.8) is 0 Å². The Hall–Kier alpha value is -3.09. The van der Waals surface area contributed by atoms with Crippen LogP contribution < -0.4 is 0 Å². The fourth-order valence-corrected chi connectivity index (χ4v) is 2.24. The van der Waals surface area contributed by atoms with Crippen LogP contribution in [0.5, 0.6) is 0 Å². The zero-order chi connectivity index (χ0) is 16.2. The van der Waals surface area contributed by atoms with Gasteiger partial charge in [-0.3, -0.25) is 9.78 Å². The van der Waals surface area contributed by atoms with Crippen LogP contribution >= 0.6 is 0 Å². The van der Waals surface area contributed by atoms with Gasteiger partial charge in [-0.25, -0.2) is 14.6 Å². The lowest BCUT2D eigenvalue weighted by atomic mass is 10.1. The van der Waals surface area contributed by atoms with Gasteiger partial charge in [0.1, 0.15) is 18.3 Å². The van der Waals surface area contributed by atoms with Crippen LogP contribution in [0.15, 0.2) is 55.5 Å². The number of hydrogen-bond acceptors (Lipinski definition) is 5. The van der Waals surface area contributed by atoms with Gasteiger partial charge in [0.15, 0.2) is 0 Å². The molecule has 116 valence electrons.